The Morgan fingerprint density at radius 1 is 1.04 bits per heavy atom. The molecule has 0 saturated heterocycles. The molecule has 3 aromatic rings. The Hall–Kier alpha value is -3.26. The van der Waals surface area contributed by atoms with Crippen molar-refractivity contribution in [3.63, 3.8) is 0 Å². The van der Waals surface area contributed by atoms with E-state index in [-0.39, 0.29) is 5.91 Å². The lowest BCUT2D eigenvalue weighted by Crippen LogP contribution is -2.12. The van der Waals surface area contributed by atoms with Crippen LogP contribution in [0.15, 0.2) is 47.8 Å². The molecule has 0 bridgehead atoms. The Kier molecular flexibility index (Phi) is 6.33. The second kappa shape index (κ2) is 9.09. The average molecular weight is 399 g/mol. The first-order chi connectivity index (χ1) is 13.6. The van der Waals surface area contributed by atoms with Crippen LogP contribution in [0, 0.1) is 0 Å². The molecule has 0 radical (unpaired) electrons. The van der Waals surface area contributed by atoms with Gasteiger partial charge in [-0.15, -0.1) is 11.3 Å². The van der Waals surface area contributed by atoms with Gasteiger partial charge < -0.3 is 24.8 Å². The Morgan fingerprint density at radius 3 is 2.43 bits per heavy atom. The minimum Gasteiger partial charge on any atom is -0.494 e. The van der Waals surface area contributed by atoms with Crippen LogP contribution in [0.5, 0.6) is 17.2 Å². The van der Waals surface area contributed by atoms with E-state index in [0.717, 1.165) is 11.4 Å². The van der Waals surface area contributed by atoms with E-state index in [4.69, 9.17) is 14.2 Å². The quantitative estimate of drug-likeness (QED) is 0.578. The summed E-state index contributed by atoms with van der Waals surface area (Å²) >= 11 is 1.35. The molecule has 8 heteroatoms. The predicted octanol–water partition coefficient (Wildman–Crippen LogP) is 4.55. The fraction of sp³-hybridized carbons (Fsp3) is 0.200. The molecule has 0 unspecified atom stereocenters. The third-order valence-electron chi connectivity index (χ3n) is 3.79. The summed E-state index contributed by atoms with van der Waals surface area (Å²) in [5, 5.41) is 8.32. The molecule has 146 valence electrons. The van der Waals surface area contributed by atoms with Gasteiger partial charge in [0.15, 0.2) is 16.6 Å². The van der Waals surface area contributed by atoms with Crippen LogP contribution in [0.4, 0.5) is 16.5 Å². The van der Waals surface area contributed by atoms with E-state index in [2.05, 4.69) is 15.6 Å². The van der Waals surface area contributed by atoms with Crippen LogP contribution in [-0.4, -0.2) is 31.7 Å². The lowest BCUT2D eigenvalue weighted by atomic mass is 10.2. The van der Waals surface area contributed by atoms with Gasteiger partial charge >= 0.3 is 0 Å². The first-order valence-electron chi connectivity index (χ1n) is 8.61. The SMILES string of the molecule is CCOc1ccc(Nc2nc(C(=O)Nc3ccc(OC)c(OC)c3)cs2)cc1. The summed E-state index contributed by atoms with van der Waals surface area (Å²) < 4.78 is 15.9. The molecule has 28 heavy (non-hydrogen) atoms. The number of hydrogen-bond acceptors (Lipinski definition) is 7. The van der Waals surface area contributed by atoms with Gasteiger partial charge in [-0.2, -0.15) is 0 Å². The monoisotopic (exact) mass is 399 g/mol. The molecule has 0 aliphatic heterocycles. The minimum absolute atomic E-state index is 0.303. The number of amides is 1. The number of hydrogen-bond donors (Lipinski definition) is 2. The summed E-state index contributed by atoms with van der Waals surface area (Å²) in [4.78, 5) is 16.8. The first kappa shape index (κ1) is 19.5. The predicted molar refractivity (Wildman–Crippen MR) is 111 cm³/mol. The molecule has 0 aliphatic carbocycles. The molecular weight excluding hydrogens is 378 g/mol. The van der Waals surface area contributed by atoms with E-state index in [0.29, 0.717) is 34.6 Å². The summed E-state index contributed by atoms with van der Waals surface area (Å²) in [6.45, 7) is 2.56. The number of thiazole rings is 1. The Labute approximate surface area is 167 Å². The molecule has 1 amide bonds. The van der Waals surface area contributed by atoms with E-state index >= 15 is 0 Å². The van der Waals surface area contributed by atoms with Gasteiger partial charge in [-0.1, -0.05) is 0 Å². The van der Waals surface area contributed by atoms with Crippen LogP contribution in [-0.2, 0) is 0 Å². The van der Waals surface area contributed by atoms with Crippen molar-refractivity contribution in [3.05, 3.63) is 53.5 Å². The van der Waals surface area contributed by atoms with E-state index in [1.54, 1.807) is 37.8 Å². The van der Waals surface area contributed by atoms with Crippen molar-refractivity contribution in [2.24, 2.45) is 0 Å². The van der Waals surface area contributed by atoms with E-state index < -0.39 is 0 Å². The zero-order chi connectivity index (χ0) is 19.9. The molecule has 3 rings (SSSR count). The van der Waals surface area contributed by atoms with Crippen molar-refractivity contribution in [1.82, 2.24) is 4.98 Å². The maximum Gasteiger partial charge on any atom is 0.275 e. The van der Waals surface area contributed by atoms with Gasteiger partial charge in [0.2, 0.25) is 0 Å². The normalized spacial score (nSPS) is 10.2. The molecule has 2 N–H and O–H groups in total. The number of ether oxygens (including phenoxy) is 3. The van der Waals surface area contributed by atoms with E-state index in [9.17, 15) is 4.79 Å². The molecule has 1 aromatic heterocycles. The highest BCUT2D eigenvalue weighted by molar-refractivity contribution is 7.14. The Bertz CT molecular complexity index is 941. The van der Waals surface area contributed by atoms with Crippen LogP contribution >= 0.6 is 11.3 Å². The molecule has 0 atom stereocenters. The zero-order valence-electron chi connectivity index (χ0n) is 15.8. The largest absolute Gasteiger partial charge is 0.494 e. The van der Waals surface area contributed by atoms with Gasteiger partial charge in [-0.25, -0.2) is 4.98 Å². The van der Waals surface area contributed by atoms with Gasteiger partial charge in [0.05, 0.1) is 20.8 Å². The summed E-state index contributed by atoms with van der Waals surface area (Å²) in [5.74, 6) is 1.64. The molecular formula is C20H21N3O4S. The number of carbonyl (C=O) groups is 1. The van der Waals surface area contributed by atoms with Crippen molar-refractivity contribution in [2.75, 3.05) is 31.5 Å². The maximum absolute atomic E-state index is 12.5. The summed E-state index contributed by atoms with van der Waals surface area (Å²) in [5.41, 5.74) is 1.79. The highest BCUT2D eigenvalue weighted by Crippen LogP contribution is 2.30. The van der Waals surface area contributed by atoms with Crippen LogP contribution in [0.25, 0.3) is 0 Å². The van der Waals surface area contributed by atoms with Gasteiger partial charge in [0.25, 0.3) is 5.91 Å². The number of benzene rings is 2. The molecule has 7 nitrogen and oxygen atoms in total. The zero-order valence-corrected chi connectivity index (χ0v) is 16.6. The number of anilines is 3. The van der Waals surface area contributed by atoms with Crippen molar-refractivity contribution in [3.8, 4) is 17.2 Å². The highest BCUT2D eigenvalue weighted by Gasteiger charge is 2.13. The number of rotatable bonds is 8. The third kappa shape index (κ3) is 4.72. The van der Waals surface area contributed by atoms with Crippen molar-refractivity contribution < 1.29 is 19.0 Å². The van der Waals surface area contributed by atoms with Crippen LogP contribution < -0.4 is 24.8 Å². The second-order valence-corrected chi connectivity index (χ2v) is 6.50. The molecule has 2 aromatic carbocycles. The van der Waals surface area contributed by atoms with Gasteiger partial charge in [0.1, 0.15) is 11.4 Å². The molecule has 0 aliphatic rings. The van der Waals surface area contributed by atoms with Crippen molar-refractivity contribution >= 4 is 33.8 Å². The number of methoxy groups -OCH3 is 2. The Balaban J connectivity index is 1.65. The summed E-state index contributed by atoms with van der Waals surface area (Å²) in [6.07, 6.45) is 0. The third-order valence-corrected chi connectivity index (χ3v) is 4.55. The standard InChI is InChI=1S/C20H21N3O4S/c1-4-27-15-8-5-13(6-9-15)22-20-23-16(12-28-20)19(24)21-14-7-10-17(25-2)18(11-14)26-3/h5-12H,4H2,1-3H3,(H,21,24)(H,22,23). The number of nitrogens with one attached hydrogen (secondary N) is 2. The number of carbonyl (C=O) groups excluding carboxylic acids is 1. The van der Waals surface area contributed by atoms with Gasteiger partial charge in [0, 0.05) is 22.8 Å². The molecule has 0 fully saturated rings. The summed E-state index contributed by atoms with van der Waals surface area (Å²) in [7, 11) is 3.10. The van der Waals surface area contributed by atoms with Crippen LogP contribution in [0.3, 0.4) is 0 Å². The Morgan fingerprint density at radius 2 is 1.75 bits per heavy atom. The highest BCUT2D eigenvalue weighted by atomic mass is 32.1. The first-order valence-corrected chi connectivity index (χ1v) is 9.49. The smallest absolute Gasteiger partial charge is 0.275 e. The number of aromatic nitrogens is 1. The second-order valence-electron chi connectivity index (χ2n) is 5.64. The van der Waals surface area contributed by atoms with Gasteiger partial charge in [-0.3, -0.25) is 4.79 Å². The lowest BCUT2D eigenvalue weighted by Gasteiger charge is -2.10. The van der Waals surface area contributed by atoms with Gasteiger partial charge in [-0.05, 0) is 43.3 Å². The summed E-state index contributed by atoms with van der Waals surface area (Å²) in [6, 6.07) is 12.7. The number of nitrogens with zero attached hydrogens (tertiary/aromatic N) is 1. The van der Waals surface area contributed by atoms with E-state index in [1.807, 2.05) is 31.2 Å². The average Bonchev–Trinajstić information content (AvgIpc) is 3.18. The fourth-order valence-electron chi connectivity index (χ4n) is 2.47. The molecule has 1 heterocycles. The maximum atomic E-state index is 12.5. The lowest BCUT2D eigenvalue weighted by molar-refractivity contribution is 0.102. The fourth-order valence-corrected chi connectivity index (χ4v) is 3.18. The molecule has 0 spiro atoms. The minimum atomic E-state index is -0.303. The van der Waals surface area contributed by atoms with Crippen molar-refractivity contribution in [1.29, 1.82) is 0 Å². The van der Waals surface area contributed by atoms with Crippen LogP contribution in [0.1, 0.15) is 17.4 Å². The molecule has 0 saturated carbocycles. The van der Waals surface area contributed by atoms with Crippen molar-refractivity contribution in [2.45, 2.75) is 6.92 Å². The topological polar surface area (TPSA) is 81.7 Å². The van der Waals surface area contributed by atoms with E-state index in [1.165, 1.54) is 11.3 Å². The van der Waals surface area contributed by atoms with Crippen LogP contribution in [0.2, 0.25) is 0 Å².